The van der Waals surface area contributed by atoms with Crippen LogP contribution in [0, 0.1) is 13.8 Å². The number of methoxy groups -OCH3 is 1. The predicted molar refractivity (Wildman–Crippen MR) is 111 cm³/mol. The summed E-state index contributed by atoms with van der Waals surface area (Å²) in [6, 6.07) is 4.12. The van der Waals surface area contributed by atoms with E-state index in [1.807, 2.05) is 30.5 Å². The Morgan fingerprint density at radius 1 is 1.24 bits per heavy atom. The van der Waals surface area contributed by atoms with E-state index in [1.54, 1.807) is 13.3 Å². The Balaban J connectivity index is 1.81. The maximum absolute atomic E-state index is 12.8. The molecule has 29 heavy (non-hydrogen) atoms. The first-order valence-electron chi connectivity index (χ1n) is 9.83. The monoisotopic (exact) mass is 393 g/mol. The van der Waals surface area contributed by atoms with Crippen molar-refractivity contribution in [1.82, 2.24) is 25.0 Å². The molecule has 4 heterocycles. The minimum atomic E-state index is -0.0880. The topological polar surface area (TPSA) is 98.0 Å². The fourth-order valence-corrected chi connectivity index (χ4v) is 4.48. The molecule has 1 fully saturated rings. The summed E-state index contributed by atoms with van der Waals surface area (Å²) in [6.45, 7) is 5.61. The quantitative estimate of drug-likeness (QED) is 0.555. The van der Waals surface area contributed by atoms with Crippen molar-refractivity contribution in [3.05, 3.63) is 40.3 Å². The van der Waals surface area contributed by atoms with E-state index in [9.17, 15) is 4.79 Å². The van der Waals surface area contributed by atoms with Gasteiger partial charge in [0.05, 0.1) is 41.1 Å². The normalized spacial score (nSPS) is 15.4. The Hall–Kier alpha value is -3.13. The summed E-state index contributed by atoms with van der Waals surface area (Å²) in [4.78, 5) is 20.4. The van der Waals surface area contributed by atoms with Gasteiger partial charge in [-0.3, -0.25) is 9.55 Å². The number of piperidine rings is 1. The smallest absolute Gasteiger partial charge is 0.326 e. The number of aryl methyl sites for hydroxylation is 2. The minimum Gasteiger partial charge on any atom is -0.496 e. The number of aromatic amines is 1. The molecule has 0 radical (unpaired) electrons. The van der Waals surface area contributed by atoms with Gasteiger partial charge in [0.25, 0.3) is 0 Å². The Bertz CT molecular complexity index is 1260. The second-order valence-electron chi connectivity index (χ2n) is 7.57. The first-order valence-corrected chi connectivity index (χ1v) is 9.83. The average Bonchev–Trinajstić information content (AvgIpc) is 3.25. The van der Waals surface area contributed by atoms with Crippen LogP contribution in [0.1, 0.15) is 30.3 Å². The molecule has 0 amide bonds. The van der Waals surface area contributed by atoms with Gasteiger partial charge in [-0.15, -0.1) is 0 Å². The fraction of sp³-hybridized carbons (Fsp3) is 0.381. The van der Waals surface area contributed by atoms with Crippen LogP contribution in [0.25, 0.3) is 33.1 Å². The highest BCUT2D eigenvalue weighted by Gasteiger charge is 2.23. The van der Waals surface area contributed by atoms with Crippen LogP contribution in [-0.4, -0.2) is 39.9 Å². The Kier molecular flexibility index (Phi) is 4.16. The Morgan fingerprint density at radius 2 is 2.03 bits per heavy atom. The molecule has 5 rings (SSSR count). The number of nitrogens with zero attached hydrogens (tertiary/aromatic N) is 3. The molecule has 8 heteroatoms. The van der Waals surface area contributed by atoms with Gasteiger partial charge in [-0.25, -0.2) is 4.79 Å². The summed E-state index contributed by atoms with van der Waals surface area (Å²) in [5.74, 6) is 1.43. The number of benzene rings is 1. The molecule has 1 aliphatic rings. The van der Waals surface area contributed by atoms with Gasteiger partial charge >= 0.3 is 5.69 Å². The molecule has 8 nitrogen and oxygen atoms in total. The summed E-state index contributed by atoms with van der Waals surface area (Å²) >= 11 is 0. The van der Waals surface area contributed by atoms with Crippen LogP contribution < -0.4 is 15.7 Å². The Morgan fingerprint density at radius 3 is 2.72 bits per heavy atom. The van der Waals surface area contributed by atoms with Crippen molar-refractivity contribution in [2.75, 3.05) is 20.2 Å². The van der Waals surface area contributed by atoms with Crippen LogP contribution in [0.3, 0.4) is 0 Å². The van der Waals surface area contributed by atoms with Crippen LogP contribution in [0.5, 0.6) is 5.75 Å². The highest BCUT2D eigenvalue weighted by Crippen LogP contribution is 2.39. The summed E-state index contributed by atoms with van der Waals surface area (Å²) < 4.78 is 13.0. The lowest BCUT2D eigenvalue weighted by atomic mass is 10.00. The third-order valence-corrected chi connectivity index (χ3v) is 5.84. The van der Waals surface area contributed by atoms with Crippen molar-refractivity contribution in [2.24, 2.45) is 0 Å². The molecular weight excluding hydrogens is 370 g/mol. The van der Waals surface area contributed by atoms with Gasteiger partial charge in [-0.2, -0.15) is 0 Å². The molecule has 150 valence electrons. The second kappa shape index (κ2) is 6.73. The van der Waals surface area contributed by atoms with Gasteiger partial charge in [0.2, 0.25) is 0 Å². The van der Waals surface area contributed by atoms with Crippen LogP contribution >= 0.6 is 0 Å². The van der Waals surface area contributed by atoms with E-state index in [1.165, 1.54) is 0 Å². The number of nitrogens with one attached hydrogen (secondary N) is 2. The zero-order chi connectivity index (χ0) is 20.1. The second-order valence-corrected chi connectivity index (χ2v) is 7.57. The van der Waals surface area contributed by atoms with E-state index in [-0.39, 0.29) is 11.7 Å². The number of fused-ring (bicyclic) bond motifs is 3. The molecule has 0 unspecified atom stereocenters. The SMILES string of the molecule is COc1cc2c(cc1-c1c(C)noc1C)ncc1[nH]c(=O)n(C3CCNCC3)c12. The third kappa shape index (κ3) is 2.74. The average molecular weight is 393 g/mol. The number of hydrogen-bond donors (Lipinski definition) is 2. The Labute approximate surface area is 166 Å². The lowest BCUT2D eigenvalue weighted by molar-refractivity contribution is 0.369. The van der Waals surface area contributed by atoms with Crippen molar-refractivity contribution < 1.29 is 9.26 Å². The number of pyridine rings is 1. The zero-order valence-electron chi connectivity index (χ0n) is 16.7. The zero-order valence-corrected chi connectivity index (χ0v) is 16.7. The highest BCUT2D eigenvalue weighted by molar-refractivity contribution is 6.04. The van der Waals surface area contributed by atoms with Gasteiger partial charge < -0.3 is 19.6 Å². The van der Waals surface area contributed by atoms with E-state index in [2.05, 4.69) is 20.4 Å². The highest BCUT2D eigenvalue weighted by atomic mass is 16.5. The first kappa shape index (κ1) is 17.9. The molecular formula is C21H23N5O3. The number of rotatable bonds is 3. The minimum absolute atomic E-state index is 0.0880. The molecule has 1 aromatic carbocycles. The molecule has 1 aliphatic heterocycles. The standard InChI is InChI=1S/C21H23N5O3/c1-11-19(12(2)29-25-11)15-8-16-14(9-18(15)28-3)20-17(10-23-16)24-21(27)26(20)13-4-6-22-7-5-13/h8-10,13,22H,4-7H2,1-3H3,(H,24,27). The van der Waals surface area contributed by atoms with E-state index in [0.717, 1.165) is 70.4 Å². The van der Waals surface area contributed by atoms with Gasteiger partial charge in [-0.1, -0.05) is 5.16 Å². The van der Waals surface area contributed by atoms with Crippen LogP contribution in [-0.2, 0) is 0 Å². The van der Waals surface area contributed by atoms with Crippen LogP contribution in [0.15, 0.2) is 27.6 Å². The summed E-state index contributed by atoms with van der Waals surface area (Å²) in [5.41, 5.74) is 4.94. The largest absolute Gasteiger partial charge is 0.496 e. The number of imidazole rings is 1. The number of aromatic nitrogens is 4. The van der Waals surface area contributed by atoms with Crippen molar-refractivity contribution in [2.45, 2.75) is 32.7 Å². The maximum atomic E-state index is 12.8. The molecule has 0 atom stereocenters. The van der Waals surface area contributed by atoms with E-state index < -0.39 is 0 Å². The van der Waals surface area contributed by atoms with E-state index in [0.29, 0.717) is 5.75 Å². The van der Waals surface area contributed by atoms with Crippen molar-refractivity contribution >= 4 is 21.9 Å². The third-order valence-electron chi connectivity index (χ3n) is 5.84. The van der Waals surface area contributed by atoms with Crippen molar-refractivity contribution in [3.63, 3.8) is 0 Å². The van der Waals surface area contributed by atoms with Gasteiger partial charge in [0.15, 0.2) is 0 Å². The lowest BCUT2D eigenvalue weighted by Crippen LogP contribution is -2.33. The fourth-order valence-electron chi connectivity index (χ4n) is 4.48. The number of H-pyrrole nitrogens is 1. The van der Waals surface area contributed by atoms with E-state index >= 15 is 0 Å². The molecule has 0 saturated carbocycles. The van der Waals surface area contributed by atoms with E-state index in [4.69, 9.17) is 9.26 Å². The van der Waals surface area contributed by atoms with Crippen LogP contribution in [0.2, 0.25) is 0 Å². The summed E-state index contributed by atoms with van der Waals surface area (Å²) in [6.07, 6.45) is 3.58. The lowest BCUT2D eigenvalue weighted by Gasteiger charge is -2.24. The van der Waals surface area contributed by atoms with Gasteiger partial charge in [-0.05, 0) is 51.9 Å². The summed E-state index contributed by atoms with van der Waals surface area (Å²) in [7, 11) is 1.65. The maximum Gasteiger partial charge on any atom is 0.326 e. The molecule has 4 aromatic rings. The molecule has 2 N–H and O–H groups in total. The van der Waals surface area contributed by atoms with Crippen molar-refractivity contribution in [1.29, 1.82) is 0 Å². The van der Waals surface area contributed by atoms with Crippen molar-refractivity contribution in [3.8, 4) is 16.9 Å². The van der Waals surface area contributed by atoms with Gasteiger partial charge in [0, 0.05) is 17.0 Å². The molecule has 3 aromatic heterocycles. The molecule has 0 bridgehead atoms. The molecule has 0 spiro atoms. The first-order chi connectivity index (χ1) is 14.1. The predicted octanol–water partition coefficient (Wildman–Crippen LogP) is 3.08. The molecule has 1 saturated heterocycles. The number of hydrogen-bond acceptors (Lipinski definition) is 6. The van der Waals surface area contributed by atoms with Crippen LogP contribution in [0.4, 0.5) is 0 Å². The van der Waals surface area contributed by atoms with Gasteiger partial charge in [0.1, 0.15) is 11.5 Å². The molecule has 0 aliphatic carbocycles. The summed E-state index contributed by atoms with van der Waals surface area (Å²) in [5, 5.41) is 8.32. The number of ether oxygens (including phenoxy) is 1.